The zero-order chi connectivity index (χ0) is 14.2. The van der Waals surface area contributed by atoms with Crippen molar-refractivity contribution < 1.29 is 9.53 Å². The molecule has 0 atom stereocenters. The molecule has 1 amide bonds. The van der Waals surface area contributed by atoms with Crippen LogP contribution in [0, 0.1) is 0 Å². The molecule has 0 unspecified atom stereocenters. The van der Waals surface area contributed by atoms with Crippen LogP contribution in [-0.2, 0) is 11.4 Å². The van der Waals surface area contributed by atoms with Gasteiger partial charge in [0.1, 0.15) is 18.2 Å². The Morgan fingerprint density at radius 2 is 2.05 bits per heavy atom. The number of amides is 1. The minimum absolute atomic E-state index is 0.160. The third-order valence-electron chi connectivity index (χ3n) is 2.57. The summed E-state index contributed by atoms with van der Waals surface area (Å²) in [6.07, 6.45) is 1.86. The molecule has 5 heteroatoms. The van der Waals surface area contributed by atoms with E-state index in [0.717, 1.165) is 5.56 Å². The average Bonchev–Trinajstić information content (AvgIpc) is 2.47. The largest absolute Gasteiger partial charge is 0.489 e. The standard InChI is InChI=1S/C15H15ClN2O2/c16-8-6-15(19)18-14-10-13(7-9-17-14)20-11-12-4-2-1-3-5-12/h1-5,7,9-10H,6,8,11H2,(H,17,18,19). The Kier molecular flexibility index (Phi) is 5.38. The van der Waals surface area contributed by atoms with E-state index in [0.29, 0.717) is 18.2 Å². The molecule has 4 nitrogen and oxygen atoms in total. The Labute approximate surface area is 122 Å². The second kappa shape index (κ2) is 7.50. The maximum absolute atomic E-state index is 11.4. The van der Waals surface area contributed by atoms with Gasteiger partial charge in [0.15, 0.2) is 0 Å². The Bertz CT molecular complexity index is 561. The van der Waals surface area contributed by atoms with Gasteiger partial charge in [0, 0.05) is 24.6 Å². The van der Waals surface area contributed by atoms with Crippen LogP contribution in [0.15, 0.2) is 48.7 Å². The van der Waals surface area contributed by atoms with Gasteiger partial charge >= 0.3 is 0 Å². The first-order valence-electron chi connectivity index (χ1n) is 6.26. The quantitative estimate of drug-likeness (QED) is 0.831. The number of alkyl halides is 1. The molecule has 0 aliphatic heterocycles. The van der Waals surface area contributed by atoms with Gasteiger partial charge in [0.2, 0.25) is 5.91 Å². The van der Waals surface area contributed by atoms with Gasteiger partial charge in [-0.1, -0.05) is 30.3 Å². The van der Waals surface area contributed by atoms with Crippen molar-refractivity contribution in [1.29, 1.82) is 0 Å². The number of carbonyl (C=O) groups is 1. The number of halogens is 1. The lowest BCUT2D eigenvalue weighted by atomic mass is 10.2. The monoisotopic (exact) mass is 290 g/mol. The molecule has 1 aromatic heterocycles. The maximum Gasteiger partial charge on any atom is 0.226 e. The topological polar surface area (TPSA) is 51.2 Å². The SMILES string of the molecule is O=C(CCCl)Nc1cc(OCc2ccccc2)ccn1. The van der Waals surface area contributed by atoms with E-state index >= 15 is 0 Å². The highest BCUT2D eigenvalue weighted by Gasteiger charge is 2.04. The molecule has 0 aliphatic carbocycles. The van der Waals surface area contributed by atoms with E-state index in [1.165, 1.54) is 0 Å². The number of ether oxygens (including phenoxy) is 1. The van der Waals surface area contributed by atoms with Crippen molar-refractivity contribution in [3.05, 3.63) is 54.2 Å². The van der Waals surface area contributed by atoms with Crippen LogP contribution in [0.3, 0.4) is 0 Å². The zero-order valence-corrected chi connectivity index (χ0v) is 11.6. The van der Waals surface area contributed by atoms with Crippen LogP contribution in [0.1, 0.15) is 12.0 Å². The van der Waals surface area contributed by atoms with Crippen molar-refractivity contribution in [2.45, 2.75) is 13.0 Å². The molecule has 20 heavy (non-hydrogen) atoms. The maximum atomic E-state index is 11.4. The van der Waals surface area contributed by atoms with E-state index in [1.54, 1.807) is 18.3 Å². The van der Waals surface area contributed by atoms with Crippen molar-refractivity contribution >= 4 is 23.3 Å². The summed E-state index contributed by atoms with van der Waals surface area (Å²) >= 11 is 5.51. The fourth-order valence-corrected chi connectivity index (χ4v) is 1.77. The first-order chi connectivity index (χ1) is 9.78. The molecule has 2 aromatic rings. The van der Waals surface area contributed by atoms with Crippen molar-refractivity contribution in [2.75, 3.05) is 11.2 Å². The van der Waals surface area contributed by atoms with Gasteiger partial charge in [-0.25, -0.2) is 4.98 Å². The first kappa shape index (κ1) is 14.3. The highest BCUT2D eigenvalue weighted by Crippen LogP contribution is 2.16. The highest BCUT2D eigenvalue weighted by molar-refractivity contribution is 6.19. The summed E-state index contributed by atoms with van der Waals surface area (Å²) in [6, 6.07) is 13.3. The molecule has 0 spiro atoms. The molecule has 2 rings (SSSR count). The van der Waals surface area contributed by atoms with Gasteiger partial charge in [-0.15, -0.1) is 11.6 Å². The smallest absolute Gasteiger partial charge is 0.226 e. The predicted molar refractivity (Wildman–Crippen MR) is 79.0 cm³/mol. The second-order valence-electron chi connectivity index (χ2n) is 4.14. The lowest BCUT2D eigenvalue weighted by molar-refractivity contribution is -0.115. The number of nitrogens with one attached hydrogen (secondary N) is 1. The van der Waals surface area contributed by atoms with Crippen LogP contribution < -0.4 is 10.1 Å². The Morgan fingerprint density at radius 1 is 1.25 bits per heavy atom. The summed E-state index contributed by atoms with van der Waals surface area (Å²) in [5.41, 5.74) is 1.08. The number of hydrogen-bond donors (Lipinski definition) is 1. The third-order valence-corrected chi connectivity index (χ3v) is 2.76. The number of benzene rings is 1. The van der Waals surface area contributed by atoms with Crippen molar-refractivity contribution in [3.63, 3.8) is 0 Å². The Hall–Kier alpha value is -2.07. The number of hydrogen-bond acceptors (Lipinski definition) is 3. The van der Waals surface area contributed by atoms with E-state index in [4.69, 9.17) is 16.3 Å². The van der Waals surface area contributed by atoms with Crippen LogP contribution in [0.25, 0.3) is 0 Å². The number of aromatic nitrogens is 1. The normalized spacial score (nSPS) is 10.1. The summed E-state index contributed by atoms with van der Waals surface area (Å²) in [4.78, 5) is 15.5. The summed E-state index contributed by atoms with van der Waals surface area (Å²) in [7, 11) is 0. The number of anilines is 1. The lowest BCUT2D eigenvalue weighted by Gasteiger charge is -2.08. The summed E-state index contributed by atoms with van der Waals surface area (Å²) < 4.78 is 5.66. The number of carbonyl (C=O) groups excluding carboxylic acids is 1. The van der Waals surface area contributed by atoms with Crippen molar-refractivity contribution in [1.82, 2.24) is 4.98 Å². The molecular weight excluding hydrogens is 276 g/mol. The van der Waals surface area contributed by atoms with Gasteiger partial charge in [-0.3, -0.25) is 4.79 Å². The minimum Gasteiger partial charge on any atom is -0.489 e. The van der Waals surface area contributed by atoms with Gasteiger partial charge in [-0.05, 0) is 11.6 Å². The Morgan fingerprint density at radius 3 is 2.80 bits per heavy atom. The molecule has 1 aromatic carbocycles. The first-order valence-corrected chi connectivity index (χ1v) is 6.80. The minimum atomic E-state index is -0.160. The van der Waals surface area contributed by atoms with E-state index in [1.807, 2.05) is 30.3 Å². The van der Waals surface area contributed by atoms with E-state index < -0.39 is 0 Å². The summed E-state index contributed by atoms with van der Waals surface area (Å²) in [5.74, 6) is 1.25. The predicted octanol–water partition coefficient (Wildman–Crippen LogP) is 3.23. The van der Waals surface area contributed by atoms with Crippen LogP contribution in [0.2, 0.25) is 0 Å². The van der Waals surface area contributed by atoms with Crippen LogP contribution in [-0.4, -0.2) is 16.8 Å². The number of rotatable bonds is 6. The van der Waals surface area contributed by atoms with Crippen LogP contribution in [0.4, 0.5) is 5.82 Å². The van der Waals surface area contributed by atoms with Crippen LogP contribution in [0.5, 0.6) is 5.75 Å². The number of nitrogens with zero attached hydrogens (tertiary/aromatic N) is 1. The molecule has 0 fully saturated rings. The molecule has 0 saturated heterocycles. The van der Waals surface area contributed by atoms with E-state index in [-0.39, 0.29) is 18.2 Å². The highest BCUT2D eigenvalue weighted by atomic mass is 35.5. The number of pyridine rings is 1. The molecule has 0 bridgehead atoms. The lowest BCUT2D eigenvalue weighted by Crippen LogP contribution is -2.12. The molecular formula is C15H15ClN2O2. The molecule has 0 saturated carbocycles. The van der Waals surface area contributed by atoms with E-state index in [2.05, 4.69) is 10.3 Å². The molecule has 1 heterocycles. The fourth-order valence-electron chi connectivity index (χ4n) is 1.60. The molecule has 0 aliphatic rings. The second-order valence-corrected chi connectivity index (χ2v) is 4.52. The van der Waals surface area contributed by atoms with Crippen molar-refractivity contribution in [3.8, 4) is 5.75 Å². The zero-order valence-electron chi connectivity index (χ0n) is 10.9. The van der Waals surface area contributed by atoms with Gasteiger partial charge in [0.25, 0.3) is 0 Å². The van der Waals surface area contributed by atoms with Gasteiger partial charge in [0.05, 0.1) is 0 Å². The Balaban J connectivity index is 1.94. The molecule has 1 N–H and O–H groups in total. The fraction of sp³-hybridized carbons (Fsp3) is 0.200. The summed E-state index contributed by atoms with van der Waals surface area (Å²) in [6.45, 7) is 0.472. The van der Waals surface area contributed by atoms with Gasteiger partial charge in [-0.2, -0.15) is 0 Å². The summed E-state index contributed by atoms with van der Waals surface area (Å²) in [5, 5.41) is 2.67. The van der Waals surface area contributed by atoms with Gasteiger partial charge < -0.3 is 10.1 Å². The van der Waals surface area contributed by atoms with E-state index in [9.17, 15) is 4.79 Å². The average molecular weight is 291 g/mol. The molecule has 0 radical (unpaired) electrons. The van der Waals surface area contributed by atoms with Crippen molar-refractivity contribution in [2.24, 2.45) is 0 Å². The van der Waals surface area contributed by atoms with Crippen LogP contribution >= 0.6 is 11.6 Å². The molecule has 104 valence electrons. The third kappa shape index (κ3) is 4.55.